The third-order valence-corrected chi connectivity index (χ3v) is 4.69. The molecule has 0 spiro atoms. The van der Waals surface area contributed by atoms with Crippen molar-refractivity contribution in [3.8, 4) is 0 Å². The van der Waals surface area contributed by atoms with E-state index >= 15 is 0 Å². The quantitative estimate of drug-likeness (QED) is 0.527. The Morgan fingerprint density at radius 2 is 1.90 bits per heavy atom. The van der Waals surface area contributed by atoms with Crippen molar-refractivity contribution in [1.29, 1.82) is 0 Å². The molecule has 9 nitrogen and oxygen atoms in total. The van der Waals surface area contributed by atoms with Crippen LogP contribution < -0.4 is 0 Å². The molecule has 30 heavy (non-hydrogen) atoms. The molecule has 0 amide bonds. The van der Waals surface area contributed by atoms with Crippen molar-refractivity contribution < 1.29 is 43.5 Å². The zero-order valence-electron chi connectivity index (χ0n) is 17.7. The SMILES string of the molecule is CCOC(=O)[C@](O)(CC(=O)OC)[C@H](O)[C@@H]1OC(C)(C)O[C@H]1COCc1ccccc1. The Kier molecular flexibility index (Phi) is 8.34. The molecule has 0 saturated carbocycles. The summed E-state index contributed by atoms with van der Waals surface area (Å²) in [6.45, 7) is 5.08. The molecule has 2 N–H and O–H groups in total. The van der Waals surface area contributed by atoms with Crippen LogP contribution in [0.5, 0.6) is 0 Å². The number of benzene rings is 1. The summed E-state index contributed by atoms with van der Waals surface area (Å²) >= 11 is 0. The van der Waals surface area contributed by atoms with E-state index < -0.39 is 48.1 Å². The molecule has 1 aromatic rings. The minimum atomic E-state index is -2.57. The standard InChI is InChI=1S/C21H30O9/c1-5-28-19(24)21(25,11-16(22)26-4)18(23)17-15(29-20(2,3)30-17)13-27-12-14-9-7-6-8-10-14/h6-10,15,17-18,23,25H,5,11-13H2,1-4H3/t15-,17+,18+,21-/m0/s1. The first-order chi connectivity index (χ1) is 14.1. The predicted octanol–water partition coefficient (Wildman–Crippen LogP) is 0.942. The third-order valence-electron chi connectivity index (χ3n) is 4.69. The lowest BCUT2D eigenvalue weighted by Crippen LogP contribution is -2.59. The van der Waals surface area contributed by atoms with Gasteiger partial charge >= 0.3 is 11.9 Å². The van der Waals surface area contributed by atoms with Crippen molar-refractivity contribution in [3.63, 3.8) is 0 Å². The van der Waals surface area contributed by atoms with Crippen molar-refractivity contribution in [2.75, 3.05) is 20.3 Å². The summed E-state index contributed by atoms with van der Waals surface area (Å²) < 4.78 is 26.7. The second kappa shape index (κ2) is 10.3. The molecule has 168 valence electrons. The normalized spacial score (nSPS) is 23.4. The van der Waals surface area contributed by atoms with E-state index in [-0.39, 0.29) is 13.2 Å². The fourth-order valence-corrected chi connectivity index (χ4v) is 3.24. The average Bonchev–Trinajstić information content (AvgIpc) is 3.02. The van der Waals surface area contributed by atoms with Gasteiger partial charge in [-0.15, -0.1) is 0 Å². The average molecular weight is 426 g/mol. The van der Waals surface area contributed by atoms with Gasteiger partial charge in [0, 0.05) is 0 Å². The number of hydrogen-bond acceptors (Lipinski definition) is 9. The molecule has 0 aliphatic carbocycles. The first-order valence-electron chi connectivity index (χ1n) is 9.74. The van der Waals surface area contributed by atoms with Crippen LogP contribution in [0.1, 0.15) is 32.8 Å². The Hall–Kier alpha value is -2.04. The summed E-state index contributed by atoms with van der Waals surface area (Å²) in [5.41, 5.74) is -1.63. The molecule has 1 aromatic carbocycles. The summed E-state index contributed by atoms with van der Waals surface area (Å²) in [5, 5.41) is 21.8. The Labute approximate surface area is 175 Å². The minimum absolute atomic E-state index is 0.0250. The largest absolute Gasteiger partial charge is 0.469 e. The van der Waals surface area contributed by atoms with Crippen LogP contribution >= 0.6 is 0 Å². The summed E-state index contributed by atoms with van der Waals surface area (Å²) in [4.78, 5) is 24.2. The topological polar surface area (TPSA) is 121 Å². The van der Waals surface area contributed by atoms with Gasteiger partial charge in [0.1, 0.15) is 18.3 Å². The predicted molar refractivity (Wildman–Crippen MR) is 104 cm³/mol. The number of aliphatic hydroxyl groups excluding tert-OH is 1. The number of methoxy groups -OCH3 is 1. The van der Waals surface area contributed by atoms with Gasteiger partial charge in [-0.2, -0.15) is 0 Å². The van der Waals surface area contributed by atoms with E-state index in [1.807, 2.05) is 30.3 Å². The first kappa shape index (κ1) is 24.2. The molecule has 1 heterocycles. The Morgan fingerprint density at radius 1 is 1.23 bits per heavy atom. The van der Waals surface area contributed by atoms with E-state index in [2.05, 4.69) is 4.74 Å². The minimum Gasteiger partial charge on any atom is -0.469 e. The Bertz CT molecular complexity index is 706. The van der Waals surface area contributed by atoms with Gasteiger partial charge in [-0.25, -0.2) is 4.79 Å². The number of esters is 2. The van der Waals surface area contributed by atoms with Crippen LogP contribution in [-0.4, -0.2) is 72.2 Å². The highest BCUT2D eigenvalue weighted by Crippen LogP contribution is 2.35. The lowest BCUT2D eigenvalue weighted by molar-refractivity contribution is -0.203. The summed E-state index contributed by atoms with van der Waals surface area (Å²) in [6, 6.07) is 9.46. The molecule has 9 heteroatoms. The maximum absolute atomic E-state index is 12.4. The molecule has 1 saturated heterocycles. The van der Waals surface area contributed by atoms with Gasteiger partial charge in [-0.05, 0) is 26.3 Å². The highest BCUT2D eigenvalue weighted by Gasteiger charge is 2.56. The molecular weight excluding hydrogens is 396 g/mol. The molecule has 2 rings (SSSR count). The van der Waals surface area contributed by atoms with Crippen LogP contribution in [0.15, 0.2) is 30.3 Å². The van der Waals surface area contributed by atoms with Crippen LogP contribution in [0.3, 0.4) is 0 Å². The molecule has 4 atom stereocenters. The second-order valence-corrected chi connectivity index (χ2v) is 7.48. The number of carbonyl (C=O) groups is 2. The van der Waals surface area contributed by atoms with E-state index in [4.69, 9.17) is 18.9 Å². The van der Waals surface area contributed by atoms with Gasteiger partial charge in [0.15, 0.2) is 5.79 Å². The van der Waals surface area contributed by atoms with Gasteiger partial charge in [0.05, 0.1) is 33.4 Å². The lowest BCUT2D eigenvalue weighted by atomic mass is 9.87. The zero-order valence-corrected chi connectivity index (χ0v) is 17.7. The number of hydrogen-bond donors (Lipinski definition) is 2. The van der Waals surface area contributed by atoms with Gasteiger partial charge in [0.2, 0.25) is 5.60 Å². The van der Waals surface area contributed by atoms with E-state index in [9.17, 15) is 19.8 Å². The lowest BCUT2D eigenvalue weighted by Gasteiger charge is -2.34. The molecule has 0 radical (unpaired) electrons. The van der Waals surface area contributed by atoms with Crippen molar-refractivity contribution in [1.82, 2.24) is 0 Å². The van der Waals surface area contributed by atoms with Crippen LogP contribution in [0.25, 0.3) is 0 Å². The smallest absolute Gasteiger partial charge is 0.341 e. The molecular formula is C21H30O9. The summed E-state index contributed by atoms with van der Waals surface area (Å²) in [7, 11) is 1.11. The number of carbonyl (C=O) groups excluding carboxylic acids is 2. The molecule has 0 bridgehead atoms. The number of rotatable bonds is 10. The molecule has 0 aromatic heterocycles. The second-order valence-electron chi connectivity index (χ2n) is 7.48. The summed E-state index contributed by atoms with van der Waals surface area (Å²) in [6.07, 6.45) is -4.60. The molecule has 0 unspecified atom stereocenters. The number of aliphatic hydroxyl groups is 2. The maximum atomic E-state index is 12.4. The Balaban J connectivity index is 2.17. The summed E-state index contributed by atoms with van der Waals surface area (Å²) in [5.74, 6) is -3.15. The van der Waals surface area contributed by atoms with Gasteiger partial charge in [-0.3, -0.25) is 4.79 Å². The zero-order chi connectivity index (χ0) is 22.4. The van der Waals surface area contributed by atoms with Crippen LogP contribution in [0, 0.1) is 0 Å². The monoisotopic (exact) mass is 426 g/mol. The van der Waals surface area contributed by atoms with E-state index in [0.717, 1.165) is 12.7 Å². The van der Waals surface area contributed by atoms with Gasteiger partial charge in [-0.1, -0.05) is 30.3 Å². The van der Waals surface area contributed by atoms with Crippen molar-refractivity contribution in [2.24, 2.45) is 0 Å². The highest BCUT2D eigenvalue weighted by atomic mass is 16.8. The van der Waals surface area contributed by atoms with Gasteiger partial charge < -0.3 is 33.9 Å². The fourth-order valence-electron chi connectivity index (χ4n) is 3.24. The fraction of sp³-hybridized carbons (Fsp3) is 0.619. The maximum Gasteiger partial charge on any atom is 0.341 e. The molecule has 1 aliphatic rings. The highest BCUT2D eigenvalue weighted by molar-refractivity contribution is 5.86. The molecule has 1 aliphatic heterocycles. The van der Waals surface area contributed by atoms with Crippen molar-refractivity contribution >= 4 is 11.9 Å². The van der Waals surface area contributed by atoms with Crippen molar-refractivity contribution in [2.45, 2.75) is 63.5 Å². The Morgan fingerprint density at radius 3 is 2.50 bits per heavy atom. The van der Waals surface area contributed by atoms with Crippen molar-refractivity contribution in [3.05, 3.63) is 35.9 Å². The van der Waals surface area contributed by atoms with E-state index in [0.29, 0.717) is 6.61 Å². The van der Waals surface area contributed by atoms with Crippen LogP contribution in [0.2, 0.25) is 0 Å². The first-order valence-corrected chi connectivity index (χ1v) is 9.74. The number of ether oxygens (including phenoxy) is 5. The van der Waals surface area contributed by atoms with Crippen LogP contribution in [0.4, 0.5) is 0 Å². The molecule has 1 fully saturated rings. The van der Waals surface area contributed by atoms with E-state index in [1.165, 1.54) is 0 Å². The van der Waals surface area contributed by atoms with Crippen LogP contribution in [-0.2, 0) is 39.9 Å². The third kappa shape index (κ3) is 5.99. The van der Waals surface area contributed by atoms with Gasteiger partial charge in [0.25, 0.3) is 0 Å². The van der Waals surface area contributed by atoms with E-state index in [1.54, 1.807) is 20.8 Å².